The van der Waals surface area contributed by atoms with Crippen LogP contribution < -0.4 is 11.4 Å². The highest BCUT2D eigenvalue weighted by Crippen LogP contribution is 2.35. The van der Waals surface area contributed by atoms with Gasteiger partial charge in [0.25, 0.3) is 0 Å². The highest BCUT2D eigenvalue weighted by molar-refractivity contribution is 6.00. The second-order valence-corrected chi connectivity index (χ2v) is 6.40. The third-order valence-electron chi connectivity index (χ3n) is 4.84. The van der Waals surface area contributed by atoms with Crippen molar-refractivity contribution in [2.24, 2.45) is 11.7 Å². The molecule has 0 unspecified atom stereocenters. The van der Waals surface area contributed by atoms with Gasteiger partial charge in [0.15, 0.2) is 0 Å². The van der Waals surface area contributed by atoms with E-state index in [4.69, 9.17) is 5.73 Å². The van der Waals surface area contributed by atoms with Gasteiger partial charge in [0.2, 0.25) is 5.91 Å². The number of primary amides is 1. The number of nitrogens with zero attached hydrogens (tertiary/aromatic N) is 2. The number of amides is 1. The number of hydrogen-bond acceptors (Lipinski definition) is 3. The number of rotatable bonds is 3. The standard InChI is InChI=1S/C17H19N5O2/c18-14(23)5-4-10-2-1-3-11(8-10)22-15-12-6-7-19-16(12)20-9-13(15)21-17(22)24/h4-7,9-11H,1-3,8H2,(H2,18,23)(H,19,20)(H,21,24)/b5-4+/t10-,11+/m1/s1. The molecule has 7 nitrogen and oxygen atoms in total. The predicted molar refractivity (Wildman–Crippen MR) is 91.5 cm³/mol. The Bertz CT molecular complexity index is 993. The van der Waals surface area contributed by atoms with Crippen molar-refractivity contribution in [3.63, 3.8) is 0 Å². The molecule has 2 atom stereocenters. The van der Waals surface area contributed by atoms with E-state index in [1.54, 1.807) is 6.20 Å². The molecule has 1 saturated carbocycles. The summed E-state index contributed by atoms with van der Waals surface area (Å²) in [6.45, 7) is 0. The largest absolute Gasteiger partial charge is 0.366 e. The number of carbonyl (C=O) groups excluding carboxylic acids is 1. The van der Waals surface area contributed by atoms with E-state index in [1.807, 2.05) is 22.9 Å². The van der Waals surface area contributed by atoms with E-state index in [2.05, 4.69) is 15.0 Å². The molecule has 24 heavy (non-hydrogen) atoms. The molecule has 1 aliphatic rings. The van der Waals surface area contributed by atoms with Gasteiger partial charge in [-0.15, -0.1) is 0 Å². The zero-order valence-electron chi connectivity index (χ0n) is 13.2. The van der Waals surface area contributed by atoms with Crippen LogP contribution in [0, 0.1) is 5.92 Å². The Kier molecular flexibility index (Phi) is 3.48. The molecule has 1 aliphatic carbocycles. The number of aromatic nitrogens is 4. The topological polar surface area (TPSA) is 110 Å². The van der Waals surface area contributed by atoms with Gasteiger partial charge < -0.3 is 15.7 Å². The van der Waals surface area contributed by atoms with Gasteiger partial charge in [0, 0.05) is 17.6 Å². The first kappa shape index (κ1) is 14.7. The number of hydrogen-bond donors (Lipinski definition) is 3. The van der Waals surface area contributed by atoms with Crippen LogP contribution in [0.25, 0.3) is 22.1 Å². The average molecular weight is 325 g/mol. The molecule has 0 radical (unpaired) electrons. The fourth-order valence-corrected chi connectivity index (χ4v) is 3.81. The van der Waals surface area contributed by atoms with E-state index in [9.17, 15) is 9.59 Å². The van der Waals surface area contributed by atoms with Crippen LogP contribution in [0.3, 0.4) is 0 Å². The third-order valence-corrected chi connectivity index (χ3v) is 4.84. The van der Waals surface area contributed by atoms with Gasteiger partial charge in [-0.1, -0.05) is 12.5 Å². The molecule has 0 aliphatic heterocycles. The van der Waals surface area contributed by atoms with Crippen molar-refractivity contribution in [1.29, 1.82) is 0 Å². The summed E-state index contributed by atoms with van der Waals surface area (Å²) in [5.74, 6) is -0.168. The van der Waals surface area contributed by atoms with Gasteiger partial charge in [0.1, 0.15) is 5.65 Å². The quantitative estimate of drug-likeness (QED) is 0.640. The monoisotopic (exact) mass is 325 g/mol. The Hall–Kier alpha value is -2.83. The highest BCUT2D eigenvalue weighted by Gasteiger charge is 2.25. The number of fused-ring (bicyclic) bond motifs is 3. The van der Waals surface area contributed by atoms with Crippen molar-refractivity contribution < 1.29 is 4.79 Å². The van der Waals surface area contributed by atoms with E-state index >= 15 is 0 Å². The Labute approximate surface area is 137 Å². The molecule has 3 aromatic heterocycles. The highest BCUT2D eigenvalue weighted by atomic mass is 16.1. The molecule has 3 heterocycles. The Morgan fingerprint density at radius 1 is 1.42 bits per heavy atom. The summed E-state index contributed by atoms with van der Waals surface area (Å²) in [6, 6.07) is 2.05. The van der Waals surface area contributed by atoms with Gasteiger partial charge in [0.05, 0.1) is 17.2 Å². The summed E-state index contributed by atoms with van der Waals surface area (Å²) in [7, 11) is 0. The summed E-state index contributed by atoms with van der Waals surface area (Å²) in [5.41, 5.74) is 7.51. The second kappa shape index (κ2) is 5.67. The second-order valence-electron chi connectivity index (χ2n) is 6.40. The van der Waals surface area contributed by atoms with Crippen LogP contribution in [0.2, 0.25) is 0 Å². The Balaban J connectivity index is 1.78. The molecule has 4 N–H and O–H groups in total. The zero-order valence-corrected chi connectivity index (χ0v) is 13.2. The van der Waals surface area contributed by atoms with Gasteiger partial charge in [-0.05, 0) is 37.3 Å². The molecule has 0 spiro atoms. The first-order valence-corrected chi connectivity index (χ1v) is 8.17. The zero-order chi connectivity index (χ0) is 16.7. The summed E-state index contributed by atoms with van der Waals surface area (Å²) in [4.78, 5) is 33.8. The van der Waals surface area contributed by atoms with Crippen LogP contribution >= 0.6 is 0 Å². The number of pyridine rings is 1. The van der Waals surface area contributed by atoms with Crippen LogP contribution in [0.5, 0.6) is 0 Å². The van der Waals surface area contributed by atoms with Crippen LogP contribution in [-0.4, -0.2) is 25.4 Å². The number of allylic oxidation sites excluding steroid dienone is 1. The summed E-state index contributed by atoms with van der Waals surface area (Å²) < 4.78 is 1.86. The number of imidazole rings is 1. The van der Waals surface area contributed by atoms with Crippen LogP contribution in [-0.2, 0) is 4.79 Å². The van der Waals surface area contributed by atoms with Crippen molar-refractivity contribution in [2.45, 2.75) is 31.7 Å². The minimum absolute atomic E-state index is 0.100. The van der Waals surface area contributed by atoms with E-state index in [-0.39, 0.29) is 17.6 Å². The van der Waals surface area contributed by atoms with Crippen LogP contribution in [0.1, 0.15) is 31.7 Å². The lowest BCUT2D eigenvalue weighted by atomic mass is 9.85. The predicted octanol–water partition coefficient (Wildman–Crippen LogP) is 1.98. The summed E-state index contributed by atoms with van der Waals surface area (Å²) >= 11 is 0. The lowest BCUT2D eigenvalue weighted by Crippen LogP contribution is -2.26. The number of H-pyrrole nitrogens is 2. The normalized spacial score (nSPS) is 21.8. The molecular formula is C17H19N5O2. The van der Waals surface area contributed by atoms with Crippen molar-refractivity contribution >= 4 is 28.0 Å². The van der Waals surface area contributed by atoms with Gasteiger partial charge in [-0.3, -0.25) is 9.36 Å². The fourth-order valence-electron chi connectivity index (χ4n) is 3.81. The van der Waals surface area contributed by atoms with E-state index in [1.165, 1.54) is 6.08 Å². The number of aromatic amines is 2. The van der Waals surface area contributed by atoms with E-state index in [0.717, 1.165) is 47.8 Å². The maximum atomic E-state index is 12.6. The van der Waals surface area contributed by atoms with Crippen molar-refractivity contribution in [3.8, 4) is 0 Å². The molecule has 1 amide bonds. The van der Waals surface area contributed by atoms with Gasteiger partial charge >= 0.3 is 5.69 Å². The molecule has 124 valence electrons. The smallest absolute Gasteiger partial charge is 0.326 e. The van der Waals surface area contributed by atoms with Crippen molar-refractivity contribution in [2.75, 3.05) is 0 Å². The number of carbonyl (C=O) groups is 1. The van der Waals surface area contributed by atoms with Crippen LogP contribution in [0.4, 0.5) is 0 Å². The number of nitrogens with one attached hydrogen (secondary N) is 2. The summed E-state index contributed by atoms with van der Waals surface area (Å²) in [5, 5.41) is 0.945. The first-order valence-electron chi connectivity index (χ1n) is 8.17. The average Bonchev–Trinajstić information content (AvgIpc) is 3.16. The summed E-state index contributed by atoms with van der Waals surface area (Å²) in [6.07, 6.45) is 10.6. The lowest BCUT2D eigenvalue weighted by Gasteiger charge is -2.28. The minimum Gasteiger partial charge on any atom is -0.366 e. The van der Waals surface area contributed by atoms with Gasteiger partial charge in [-0.25, -0.2) is 9.78 Å². The van der Waals surface area contributed by atoms with Crippen LogP contribution in [0.15, 0.2) is 35.4 Å². The lowest BCUT2D eigenvalue weighted by molar-refractivity contribution is -0.113. The maximum Gasteiger partial charge on any atom is 0.326 e. The van der Waals surface area contributed by atoms with E-state index in [0.29, 0.717) is 0 Å². The van der Waals surface area contributed by atoms with Crippen molar-refractivity contribution in [1.82, 2.24) is 19.5 Å². The third kappa shape index (κ3) is 2.42. The number of nitrogens with two attached hydrogens (primary N) is 1. The molecular weight excluding hydrogens is 306 g/mol. The van der Waals surface area contributed by atoms with Crippen molar-refractivity contribution in [3.05, 3.63) is 41.1 Å². The van der Waals surface area contributed by atoms with E-state index < -0.39 is 5.91 Å². The van der Waals surface area contributed by atoms with Gasteiger partial charge in [-0.2, -0.15) is 0 Å². The molecule has 3 aromatic rings. The molecule has 0 bridgehead atoms. The molecule has 0 saturated heterocycles. The molecule has 0 aromatic carbocycles. The fraction of sp³-hybridized carbons (Fsp3) is 0.353. The Morgan fingerprint density at radius 2 is 2.29 bits per heavy atom. The molecule has 7 heteroatoms. The molecule has 4 rings (SSSR count). The minimum atomic E-state index is -0.429. The first-order chi connectivity index (χ1) is 11.6. The SMILES string of the molecule is NC(=O)/C=C/[C@H]1CCC[C@H](n2c(=O)[nH]c3cnc4[nH]ccc4c32)C1. The molecule has 1 fully saturated rings. The Morgan fingerprint density at radius 3 is 3.12 bits per heavy atom. The maximum absolute atomic E-state index is 12.6.